The van der Waals surface area contributed by atoms with E-state index in [9.17, 15) is 0 Å². The predicted octanol–water partition coefficient (Wildman–Crippen LogP) is -0.543. The highest BCUT2D eigenvalue weighted by Gasteiger charge is 2.07. The summed E-state index contributed by atoms with van der Waals surface area (Å²) >= 11 is 0. The number of likely N-dealkylation sites (tertiary alicyclic amines) is 1. The van der Waals surface area contributed by atoms with Gasteiger partial charge in [-0.2, -0.15) is 0 Å². The van der Waals surface area contributed by atoms with Crippen molar-refractivity contribution in [2.24, 2.45) is 17.2 Å². The van der Waals surface area contributed by atoms with Crippen LogP contribution in [-0.4, -0.2) is 134 Å². The minimum absolute atomic E-state index is 0.750. The predicted molar refractivity (Wildman–Crippen MR) is 134 cm³/mol. The molecule has 9 nitrogen and oxygen atoms in total. The largest absolute Gasteiger partial charge is 0.379 e. The summed E-state index contributed by atoms with van der Waals surface area (Å²) in [4.78, 5) is 6.77. The summed E-state index contributed by atoms with van der Waals surface area (Å²) in [7, 11) is 6.21. The van der Waals surface area contributed by atoms with Gasteiger partial charge in [0, 0.05) is 52.4 Å². The molecule has 3 heterocycles. The van der Waals surface area contributed by atoms with E-state index in [2.05, 4.69) is 27.1 Å². The van der Waals surface area contributed by atoms with Gasteiger partial charge in [-0.25, -0.2) is 0 Å². The van der Waals surface area contributed by atoms with Gasteiger partial charge >= 0.3 is 0 Å². The third-order valence-corrected chi connectivity index (χ3v) is 4.55. The Kier molecular flexibility index (Phi) is 29.3. The minimum Gasteiger partial charge on any atom is -0.379 e. The van der Waals surface area contributed by atoms with Crippen molar-refractivity contribution in [3.63, 3.8) is 0 Å². The molecule has 0 aromatic heterocycles. The Hall–Kier alpha value is -0.360. The molecule has 0 aromatic rings. The lowest BCUT2D eigenvalue weighted by Gasteiger charge is -2.25. The van der Waals surface area contributed by atoms with Crippen molar-refractivity contribution in [2.75, 3.05) is 120 Å². The van der Waals surface area contributed by atoms with Gasteiger partial charge in [-0.05, 0) is 53.6 Å². The molecule has 9 heteroatoms. The molecule has 31 heavy (non-hydrogen) atoms. The monoisotopic (exact) mass is 449 g/mol. The average molecular weight is 450 g/mol. The number of rotatable bonds is 4. The Morgan fingerprint density at radius 2 is 1.32 bits per heavy atom. The summed E-state index contributed by atoms with van der Waals surface area (Å²) < 4.78 is 10.2. The fraction of sp³-hybridized carbons (Fsp3) is 1.00. The van der Waals surface area contributed by atoms with Gasteiger partial charge < -0.3 is 41.8 Å². The van der Waals surface area contributed by atoms with E-state index in [0.29, 0.717) is 0 Å². The third-order valence-electron chi connectivity index (χ3n) is 4.55. The number of nitrogens with one attached hydrogen (secondary N) is 1. The summed E-state index contributed by atoms with van der Waals surface area (Å²) in [6.45, 7) is 16.5. The van der Waals surface area contributed by atoms with Crippen LogP contribution in [0.2, 0.25) is 0 Å². The Bertz CT molecular complexity index is 296. The number of morpholine rings is 2. The molecule has 3 fully saturated rings. The molecule has 190 valence electrons. The van der Waals surface area contributed by atoms with Crippen LogP contribution in [0.15, 0.2) is 0 Å². The van der Waals surface area contributed by atoms with E-state index in [-0.39, 0.29) is 0 Å². The zero-order valence-electron chi connectivity index (χ0n) is 21.1. The van der Waals surface area contributed by atoms with E-state index in [0.717, 1.165) is 85.3 Å². The quantitative estimate of drug-likeness (QED) is 0.448. The van der Waals surface area contributed by atoms with Crippen molar-refractivity contribution < 1.29 is 9.47 Å². The van der Waals surface area contributed by atoms with Gasteiger partial charge in [0.1, 0.15) is 0 Å². The highest BCUT2D eigenvalue weighted by Crippen LogP contribution is 2.04. The molecule has 3 aliphatic heterocycles. The van der Waals surface area contributed by atoms with E-state index >= 15 is 0 Å². The van der Waals surface area contributed by atoms with Crippen molar-refractivity contribution in [3.8, 4) is 0 Å². The van der Waals surface area contributed by atoms with Crippen molar-refractivity contribution >= 4 is 0 Å². The number of hydrogen-bond acceptors (Lipinski definition) is 9. The van der Waals surface area contributed by atoms with Crippen molar-refractivity contribution in [2.45, 2.75) is 26.2 Å². The Balaban J connectivity index is 0. The van der Waals surface area contributed by atoms with Crippen LogP contribution in [0.5, 0.6) is 0 Å². The smallest absolute Gasteiger partial charge is 0.0594 e. The molecule has 7 N–H and O–H groups in total. The van der Waals surface area contributed by atoms with Crippen LogP contribution in [0.1, 0.15) is 26.2 Å². The van der Waals surface area contributed by atoms with E-state index in [4.69, 9.17) is 26.7 Å². The molecular weight excluding hydrogens is 394 g/mol. The standard InChI is InChI=1S/C6H14N2O.C6H13N.C4H12N2.C4H9NO.C2H7N/c7-1-2-8-3-5-9-6-4-8;1-7-5-3-2-4-6-7;1-6(2)4-3-5;1-3-6-4-2-5-1;1-2-3/h1-7H2;2-6H2,1H3;3-5H2,1-2H3;5H,1-4H2;2-3H2,1H3. The molecule has 0 radical (unpaired) electrons. The lowest BCUT2D eigenvalue weighted by molar-refractivity contribution is 0.0394. The van der Waals surface area contributed by atoms with Gasteiger partial charge in [-0.3, -0.25) is 4.90 Å². The second-order valence-corrected chi connectivity index (χ2v) is 7.97. The summed E-state index contributed by atoms with van der Waals surface area (Å²) in [5, 5.41) is 3.16. The molecule has 0 amide bonds. The molecule has 3 rings (SSSR count). The first kappa shape index (κ1) is 32.8. The summed E-state index contributed by atoms with van der Waals surface area (Å²) in [6, 6.07) is 0. The number of piperidine rings is 1. The number of likely N-dealkylation sites (N-methyl/N-ethyl adjacent to an activating group) is 1. The maximum absolute atomic E-state index is 5.38. The fourth-order valence-corrected chi connectivity index (χ4v) is 2.83. The average Bonchev–Trinajstić information content (AvgIpc) is 2.78. The van der Waals surface area contributed by atoms with Crippen LogP contribution in [-0.2, 0) is 9.47 Å². The van der Waals surface area contributed by atoms with Crippen LogP contribution >= 0.6 is 0 Å². The second kappa shape index (κ2) is 27.7. The number of hydrogen-bond donors (Lipinski definition) is 4. The molecule has 0 saturated carbocycles. The Morgan fingerprint density at radius 3 is 1.58 bits per heavy atom. The van der Waals surface area contributed by atoms with Crippen LogP contribution in [0.25, 0.3) is 0 Å². The molecule has 0 aromatic carbocycles. The first-order valence-corrected chi connectivity index (χ1v) is 12.0. The van der Waals surface area contributed by atoms with Gasteiger partial charge in [-0.15, -0.1) is 0 Å². The molecule has 0 bridgehead atoms. The summed E-state index contributed by atoms with van der Waals surface area (Å²) in [5.74, 6) is 0. The van der Waals surface area contributed by atoms with E-state index in [1.165, 1.54) is 32.4 Å². The molecular formula is C22H55N7O2. The molecule has 0 atom stereocenters. The maximum Gasteiger partial charge on any atom is 0.0594 e. The lowest BCUT2D eigenvalue weighted by Crippen LogP contribution is -2.39. The Labute approximate surface area is 192 Å². The number of nitrogens with zero attached hydrogens (tertiary/aromatic N) is 3. The lowest BCUT2D eigenvalue weighted by atomic mass is 10.1. The minimum atomic E-state index is 0.750. The van der Waals surface area contributed by atoms with Crippen LogP contribution < -0.4 is 22.5 Å². The highest BCUT2D eigenvalue weighted by molar-refractivity contribution is 4.61. The zero-order valence-corrected chi connectivity index (χ0v) is 21.1. The fourth-order valence-electron chi connectivity index (χ4n) is 2.83. The number of ether oxygens (including phenoxy) is 2. The third kappa shape index (κ3) is 29.6. The van der Waals surface area contributed by atoms with Crippen LogP contribution in [0.4, 0.5) is 0 Å². The summed E-state index contributed by atoms with van der Waals surface area (Å²) in [5.41, 5.74) is 15.4. The van der Waals surface area contributed by atoms with Crippen LogP contribution in [0.3, 0.4) is 0 Å². The first-order chi connectivity index (χ1) is 15.0. The van der Waals surface area contributed by atoms with Crippen LogP contribution in [0, 0.1) is 0 Å². The highest BCUT2D eigenvalue weighted by atomic mass is 16.5. The van der Waals surface area contributed by atoms with Crippen molar-refractivity contribution in [3.05, 3.63) is 0 Å². The maximum atomic E-state index is 5.38. The number of nitrogens with two attached hydrogens (primary N) is 3. The van der Waals surface area contributed by atoms with Gasteiger partial charge in [0.05, 0.1) is 26.4 Å². The van der Waals surface area contributed by atoms with E-state index in [1.54, 1.807) is 0 Å². The van der Waals surface area contributed by atoms with Gasteiger partial charge in [0.25, 0.3) is 0 Å². The van der Waals surface area contributed by atoms with Gasteiger partial charge in [0.15, 0.2) is 0 Å². The normalized spacial score (nSPS) is 19.4. The zero-order chi connectivity index (χ0) is 23.6. The molecule has 3 saturated heterocycles. The van der Waals surface area contributed by atoms with Crippen molar-refractivity contribution in [1.82, 2.24) is 20.0 Å². The van der Waals surface area contributed by atoms with E-state index in [1.807, 2.05) is 21.0 Å². The SMILES string of the molecule is C1COCCN1.CCN.CN(C)CCN.CN1CCCCC1.NCCN1CCOCC1. The van der Waals surface area contributed by atoms with Gasteiger partial charge in [0.2, 0.25) is 0 Å². The van der Waals surface area contributed by atoms with E-state index < -0.39 is 0 Å². The first-order valence-electron chi connectivity index (χ1n) is 12.0. The van der Waals surface area contributed by atoms with Crippen molar-refractivity contribution in [1.29, 1.82) is 0 Å². The van der Waals surface area contributed by atoms with Gasteiger partial charge in [-0.1, -0.05) is 13.3 Å². The second-order valence-electron chi connectivity index (χ2n) is 7.97. The molecule has 0 unspecified atom stereocenters. The molecule has 0 aliphatic carbocycles. The summed E-state index contributed by atoms with van der Waals surface area (Å²) in [6.07, 6.45) is 4.28. The Morgan fingerprint density at radius 1 is 0.806 bits per heavy atom. The molecule has 0 spiro atoms. The topological polar surface area (TPSA) is 118 Å². The molecule has 3 aliphatic rings.